The second-order valence-corrected chi connectivity index (χ2v) is 8.28. The molecule has 0 saturated heterocycles. The average Bonchev–Trinajstić information content (AvgIpc) is 2.83. The summed E-state index contributed by atoms with van der Waals surface area (Å²) in [7, 11) is 0. The summed E-state index contributed by atoms with van der Waals surface area (Å²) < 4.78 is 0. The monoisotopic (exact) mass is 458 g/mol. The van der Waals surface area contributed by atoms with E-state index in [2.05, 4.69) is 49.7 Å². The molecule has 1 aliphatic heterocycles. The molecule has 0 aliphatic carbocycles. The fourth-order valence-corrected chi connectivity index (χ4v) is 3.80. The lowest BCUT2D eigenvalue weighted by atomic mass is 10.0. The van der Waals surface area contributed by atoms with E-state index < -0.39 is 5.69 Å². The van der Waals surface area contributed by atoms with Crippen molar-refractivity contribution in [2.24, 2.45) is 4.99 Å². The molecule has 0 saturated carbocycles. The van der Waals surface area contributed by atoms with E-state index in [-0.39, 0.29) is 5.75 Å². The van der Waals surface area contributed by atoms with Crippen molar-refractivity contribution in [1.29, 1.82) is 0 Å². The third-order valence-corrected chi connectivity index (χ3v) is 5.79. The van der Waals surface area contributed by atoms with Crippen LogP contribution in [0.1, 0.15) is 18.1 Å². The fraction of sp³-hybridized carbons (Fsp3) is 0.269. The first-order valence-corrected chi connectivity index (χ1v) is 11.4. The molecule has 0 amide bonds. The van der Waals surface area contributed by atoms with Crippen molar-refractivity contribution in [1.82, 2.24) is 20.2 Å². The molecule has 0 bridgehead atoms. The summed E-state index contributed by atoms with van der Waals surface area (Å²) in [6, 6.07) is 13.1. The maximum Gasteiger partial charge on any atom is 0.345 e. The van der Waals surface area contributed by atoms with Crippen LogP contribution in [0.15, 0.2) is 64.5 Å². The smallest absolute Gasteiger partial charge is 0.345 e. The molecule has 2 aromatic carbocycles. The summed E-state index contributed by atoms with van der Waals surface area (Å²) in [6.45, 7) is 9.09. The van der Waals surface area contributed by atoms with Gasteiger partial charge in [-0.05, 0) is 74.4 Å². The molecule has 1 aromatic heterocycles. The number of hydrogen-bond acceptors (Lipinski definition) is 7. The number of H-pyrrole nitrogens is 1. The normalized spacial score (nSPS) is 13.0. The van der Waals surface area contributed by atoms with E-state index in [1.54, 1.807) is 12.1 Å². The van der Waals surface area contributed by atoms with Gasteiger partial charge in [-0.25, -0.2) is 9.79 Å². The minimum absolute atomic E-state index is 0.217. The summed E-state index contributed by atoms with van der Waals surface area (Å²) in [5.41, 5.74) is 5.35. The number of amidine groups is 1. The van der Waals surface area contributed by atoms with E-state index in [0.29, 0.717) is 18.1 Å². The van der Waals surface area contributed by atoms with Gasteiger partial charge in [-0.2, -0.15) is 4.98 Å². The van der Waals surface area contributed by atoms with Crippen LogP contribution in [0.3, 0.4) is 0 Å². The van der Waals surface area contributed by atoms with Crippen LogP contribution in [0.25, 0.3) is 22.5 Å². The highest BCUT2D eigenvalue weighted by Gasteiger charge is 2.10. The van der Waals surface area contributed by atoms with Gasteiger partial charge in [0.15, 0.2) is 0 Å². The first-order valence-electron chi connectivity index (χ1n) is 11.4. The molecular formula is C26H30N6O2. The summed E-state index contributed by atoms with van der Waals surface area (Å²) in [5.74, 6) is 1.12. The number of nitrogens with zero attached hydrogens (tertiary/aromatic N) is 3. The van der Waals surface area contributed by atoms with Gasteiger partial charge >= 0.3 is 5.69 Å². The quantitative estimate of drug-likeness (QED) is 0.403. The summed E-state index contributed by atoms with van der Waals surface area (Å²) in [5, 5.41) is 16.6. The second-order valence-electron chi connectivity index (χ2n) is 8.28. The number of benzene rings is 2. The Hall–Kier alpha value is -4.07. The lowest BCUT2D eigenvalue weighted by molar-refractivity contribution is 0.405. The van der Waals surface area contributed by atoms with Crippen LogP contribution in [0.2, 0.25) is 0 Å². The average molecular weight is 459 g/mol. The Labute approximate surface area is 199 Å². The second kappa shape index (κ2) is 10.2. The van der Waals surface area contributed by atoms with E-state index in [9.17, 15) is 9.90 Å². The molecule has 34 heavy (non-hydrogen) atoms. The molecule has 2 heterocycles. The Morgan fingerprint density at radius 2 is 1.88 bits per heavy atom. The van der Waals surface area contributed by atoms with Crippen LogP contribution in [0, 0.1) is 13.8 Å². The molecule has 3 aromatic rings. The molecular weight excluding hydrogens is 428 g/mol. The van der Waals surface area contributed by atoms with E-state index in [1.807, 2.05) is 44.2 Å². The molecule has 8 heteroatoms. The van der Waals surface area contributed by atoms with Crippen LogP contribution >= 0.6 is 0 Å². The topological polar surface area (TPSA) is 106 Å². The van der Waals surface area contributed by atoms with E-state index in [0.717, 1.165) is 53.4 Å². The van der Waals surface area contributed by atoms with Crippen molar-refractivity contribution in [3.63, 3.8) is 0 Å². The number of phenols is 1. The van der Waals surface area contributed by atoms with Crippen LogP contribution in [0.5, 0.6) is 5.75 Å². The van der Waals surface area contributed by atoms with Crippen molar-refractivity contribution in [2.45, 2.75) is 20.8 Å². The molecule has 0 radical (unpaired) electrons. The molecule has 0 fully saturated rings. The van der Waals surface area contributed by atoms with Gasteiger partial charge < -0.3 is 25.6 Å². The molecule has 176 valence electrons. The molecule has 4 N–H and O–H groups in total. The van der Waals surface area contributed by atoms with Gasteiger partial charge in [-0.15, -0.1) is 0 Å². The van der Waals surface area contributed by atoms with Gasteiger partial charge in [0, 0.05) is 42.6 Å². The van der Waals surface area contributed by atoms with E-state index in [1.165, 1.54) is 0 Å². The molecule has 8 nitrogen and oxygen atoms in total. The van der Waals surface area contributed by atoms with Crippen LogP contribution in [-0.4, -0.2) is 52.1 Å². The molecule has 0 unspecified atom stereocenters. The largest absolute Gasteiger partial charge is 0.508 e. The highest BCUT2D eigenvalue weighted by atomic mass is 16.3. The summed E-state index contributed by atoms with van der Waals surface area (Å²) >= 11 is 0. The SMILES string of the molecule is CCN1C=CC(NCCNc2ccc(-c3cc(-c4ccc(O)c(C)c4)nc(=O)[nH]3)c(C)c2)=NC1. The zero-order valence-corrected chi connectivity index (χ0v) is 19.7. The molecule has 0 spiro atoms. The van der Waals surface area contributed by atoms with Crippen LogP contribution in [-0.2, 0) is 0 Å². The number of aliphatic imine (C=N–C) groups is 1. The van der Waals surface area contributed by atoms with Crippen molar-refractivity contribution in [3.05, 3.63) is 76.4 Å². The van der Waals surface area contributed by atoms with Crippen molar-refractivity contribution < 1.29 is 5.11 Å². The highest BCUT2D eigenvalue weighted by molar-refractivity contribution is 5.93. The number of anilines is 1. The lowest BCUT2D eigenvalue weighted by Crippen LogP contribution is -2.32. The number of nitrogens with one attached hydrogen (secondary N) is 3. The third-order valence-electron chi connectivity index (χ3n) is 5.79. The minimum atomic E-state index is -0.410. The Balaban J connectivity index is 1.42. The van der Waals surface area contributed by atoms with Gasteiger partial charge in [-0.3, -0.25) is 0 Å². The van der Waals surface area contributed by atoms with E-state index in [4.69, 9.17) is 0 Å². The number of aryl methyl sites for hydroxylation is 2. The van der Waals surface area contributed by atoms with Gasteiger partial charge in [0.05, 0.1) is 11.4 Å². The van der Waals surface area contributed by atoms with Gasteiger partial charge in [-0.1, -0.05) is 6.07 Å². The van der Waals surface area contributed by atoms with Crippen molar-refractivity contribution >= 4 is 11.5 Å². The van der Waals surface area contributed by atoms with Gasteiger partial charge in [0.2, 0.25) is 0 Å². The molecule has 4 rings (SSSR count). The predicted molar refractivity (Wildman–Crippen MR) is 137 cm³/mol. The first-order chi connectivity index (χ1) is 16.4. The standard InChI is InChI=1S/C26H30N6O2/c1-4-32-12-9-25(29-16-32)28-11-10-27-20-6-7-21(17(2)14-20)23-15-22(30-26(34)31-23)19-5-8-24(33)18(3)13-19/h5-9,12-15,27,33H,4,10-11,16H2,1-3H3,(H,28,29)(H,30,31,34). The predicted octanol–water partition coefficient (Wildman–Crippen LogP) is 3.63. The molecule has 0 atom stereocenters. The number of aromatic amines is 1. The zero-order valence-electron chi connectivity index (χ0n) is 19.7. The number of hydrogen-bond donors (Lipinski definition) is 4. The maximum atomic E-state index is 12.3. The Kier molecular flexibility index (Phi) is 6.96. The summed E-state index contributed by atoms with van der Waals surface area (Å²) in [4.78, 5) is 25.9. The molecule has 1 aliphatic rings. The minimum Gasteiger partial charge on any atom is -0.508 e. The van der Waals surface area contributed by atoms with Crippen LogP contribution < -0.4 is 16.3 Å². The maximum absolute atomic E-state index is 12.3. The first kappa shape index (κ1) is 23.1. The fourth-order valence-electron chi connectivity index (χ4n) is 3.80. The number of rotatable bonds is 7. The number of aromatic nitrogens is 2. The van der Waals surface area contributed by atoms with Gasteiger partial charge in [0.25, 0.3) is 0 Å². The number of aromatic hydroxyl groups is 1. The Bertz CT molecular complexity index is 1290. The summed E-state index contributed by atoms with van der Waals surface area (Å²) in [6.07, 6.45) is 4.05. The zero-order chi connectivity index (χ0) is 24.1. The third kappa shape index (κ3) is 5.46. The van der Waals surface area contributed by atoms with Crippen molar-refractivity contribution in [2.75, 3.05) is 31.6 Å². The van der Waals surface area contributed by atoms with Gasteiger partial charge in [0.1, 0.15) is 18.3 Å². The number of phenolic OH excluding ortho intramolecular Hbond substituents is 1. The Morgan fingerprint density at radius 1 is 1.06 bits per heavy atom. The lowest BCUT2D eigenvalue weighted by Gasteiger charge is -2.20. The highest BCUT2D eigenvalue weighted by Crippen LogP contribution is 2.28. The van der Waals surface area contributed by atoms with E-state index >= 15 is 0 Å². The van der Waals surface area contributed by atoms with Crippen molar-refractivity contribution in [3.8, 4) is 28.3 Å². The van der Waals surface area contributed by atoms with Crippen LogP contribution in [0.4, 0.5) is 5.69 Å². The Morgan fingerprint density at radius 3 is 2.59 bits per heavy atom.